The highest BCUT2D eigenvalue weighted by atomic mass is 16.5. The van der Waals surface area contributed by atoms with Gasteiger partial charge in [0, 0.05) is 24.2 Å². The molecule has 1 heterocycles. The van der Waals surface area contributed by atoms with Crippen molar-refractivity contribution in [2.24, 2.45) is 0 Å². The number of hydrogen-bond donors (Lipinski definition) is 2. The molecule has 3 atom stereocenters. The Morgan fingerprint density at radius 1 is 1.50 bits per heavy atom. The zero-order valence-electron chi connectivity index (χ0n) is 11.8. The Kier molecular flexibility index (Phi) is 5.01. The largest absolute Gasteiger partial charge is 0.394 e. The van der Waals surface area contributed by atoms with E-state index in [9.17, 15) is 5.11 Å². The average Bonchev–Trinajstić information content (AvgIpc) is 2.47. The quantitative estimate of drug-likeness (QED) is 0.787. The highest BCUT2D eigenvalue weighted by Gasteiger charge is 2.39. The summed E-state index contributed by atoms with van der Waals surface area (Å²) in [4.78, 5) is 2.63. The van der Waals surface area contributed by atoms with Crippen LogP contribution in [-0.4, -0.2) is 61.0 Å². The molecule has 18 heavy (non-hydrogen) atoms. The number of morpholine rings is 1. The SMILES string of the molecule is CCC1COCCN1C1CCCC(CO)(NC)C1. The van der Waals surface area contributed by atoms with Gasteiger partial charge in [-0.1, -0.05) is 6.92 Å². The van der Waals surface area contributed by atoms with Crippen LogP contribution in [0, 0.1) is 0 Å². The van der Waals surface area contributed by atoms with Gasteiger partial charge in [-0.25, -0.2) is 0 Å². The first-order chi connectivity index (χ1) is 8.74. The number of aliphatic hydroxyl groups excluding tert-OH is 1. The maximum atomic E-state index is 9.68. The van der Waals surface area contributed by atoms with Gasteiger partial charge in [-0.15, -0.1) is 0 Å². The lowest BCUT2D eigenvalue weighted by Gasteiger charge is -2.47. The third kappa shape index (κ3) is 2.87. The van der Waals surface area contributed by atoms with Gasteiger partial charge in [-0.05, 0) is 39.2 Å². The highest BCUT2D eigenvalue weighted by Crippen LogP contribution is 2.32. The monoisotopic (exact) mass is 256 g/mol. The fourth-order valence-electron chi connectivity index (χ4n) is 3.56. The second-order valence-electron chi connectivity index (χ2n) is 5.81. The van der Waals surface area contributed by atoms with Crippen LogP contribution in [0.15, 0.2) is 0 Å². The molecule has 0 radical (unpaired) electrons. The van der Waals surface area contributed by atoms with E-state index in [1.54, 1.807) is 0 Å². The summed E-state index contributed by atoms with van der Waals surface area (Å²) in [6, 6.07) is 1.17. The van der Waals surface area contributed by atoms with Gasteiger partial charge in [0.25, 0.3) is 0 Å². The van der Waals surface area contributed by atoms with Crippen molar-refractivity contribution in [1.29, 1.82) is 0 Å². The second-order valence-corrected chi connectivity index (χ2v) is 5.81. The lowest BCUT2D eigenvalue weighted by atomic mass is 9.78. The van der Waals surface area contributed by atoms with Crippen molar-refractivity contribution in [3.05, 3.63) is 0 Å². The molecule has 2 rings (SSSR count). The number of rotatable bonds is 4. The fraction of sp³-hybridized carbons (Fsp3) is 1.00. The predicted octanol–water partition coefficient (Wildman–Crippen LogP) is 0.990. The molecule has 106 valence electrons. The third-order valence-corrected chi connectivity index (χ3v) is 4.87. The first-order valence-corrected chi connectivity index (χ1v) is 7.38. The van der Waals surface area contributed by atoms with E-state index in [1.165, 1.54) is 12.8 Å². The Labute approximate surface area is 111 Å². The van der Waals surface area contributed by atoms with E-state index in [0.717, 1.165) is 39.0 Å². The Bertz CT molecular complexity index is 256. The minimum atomic E-state index is -0.0560. The van der Waals surface area contributed by atoms with Gasteiger partial charge in [0.1, 0.15) is 0 Å². The van der Waals surface area contributed by atoms with Crippen LogP contribution in [-0.2, 0) is 4.74 Å². The zero-order chi connectivity index (χ0) is 13.0. The van der Waals surface area contributed by atoms with Crippen LogP contribution < -0.4 is 5.32 Å². The minimum absolute atomic E-state index is 0.0560. The Hall–Kier alpha value is -0.160. The number of hydrogen-bond acceptors (Lipinski definition) is 4. The molecule has 4 heteroatoms. The lowest BCUT2D eigenvalue weighted by Crippen LogP contribution is -2.58. The van der Waals surface area contributed by atoms with Crippen LogP contribution in [0.1, 0.15) is 39.0 Å². The van der Waals surface area contributed by atoms with Gasteiger partial charge in [0.05, 0.1) is 19.8 Å². The van der Waals surface area contributed by atoms with Gasteiger partial charge in [0.15, 0.2) is 0 Å². The van der Waals surface area contributed by atoms with Crippen molar-refractivity contribution in [2.45, 2.75) is 56.7 Å². The topological polar surface area (TPSA) is 44.7 Å². The van der Waals surface area contributed by atoms with Crippen molar-refractivity contribution >= 4 is 0 Å². The molecule has 0 aromatic heterocycles. The maximum absolute atomic E-state index is 9.68. The maximum Gasteiger partial charge on any atom is 0.0622 e. The lowest BCUT2D eigenvalue weighted by molar-refractivity contribution is -0.0492. The summed E-state index contributed by atoms with van der Waals surface area (Å²) in [5, 5.41) is 13.0. The fourth-order valence-corrected chi connectivity index (χ4v) is 3.56. The molecule has 1 aliphatic heterocycles. The molecule has 1 aliphatic carbocycles. The first-order valence-electron chi connectivity index (χ1n) is 7.38. The number of nitrogens with one attached hydrogen (secondary N) is 1. The van der Waals surface area contributed by atoms with Crippen LogP contribution in [0.25, 0.3) is 0 Å². The van der Waals surface area contributed by atoms with Crippen molar-refractivity contribution < 1.29 is 9.84 Å². The van der Waals surface area contributed by atoms with Crippen LogP contribution in [0.2, 0.25) is 0 Å². The summed E-state index contributed by atoms with van der Waals surface area (Å²) in [6.07, 6.45) is 5.79. The molecule has 2 aliphatic rings. The van der Waals surface area contributed by atoms with E-state index < -0.39 is 0 Å². The van der Waals surface area contributed by atoms with E-state index >= 15 is 0 Å². The summed E-state index contributed by atoms with van der Waals surface area (Å²) >= 11 is 0. The van der Waals surface area contributed by atoms with Crippen LogP contribution in [0.3, 0.4) is 0 Å². The summed E-state index contributed by atoms with van der Waals surface area (Å²) in [5.74, 6) is 0. The molecule has 0 aromatic carbocycles. The summed E-state index contributed by atoms with van der Waals surface area (Å²) in [5.41, 5.74) is -0.0560. The molecule has 1 saturated heterocycles. The normalized spacial score (nSPS) is 38.8. The van der Waals surface area contributed by atoms with E-state index in [4.69, 9.17) is 4.74 Å². The zero-order valence-corrected chi connectivity index (χ0v) is 11.8. The average molecular weight is 256 g/mol. The van der Waals surface area contributed by atoms with Crippen LogP contribution in [0.5, 0.6) is 0 Å². The van der Waals surface area contributed by atoms with Gasteiger partial charge in [0.2, 0.25) is 0 Å². The van der Waals surface area contributed by atoms with E-state index in [-0.39, 0.29) is 12.1 Å². The molecule has 0 aromatic rings. The molecular formula is C14H28N2O2. The summed E-state index contributed by atoms with van der Waals surface area (Å²) < 4.78 is 5.59. The molecule has 3 unspecified atom stereocenters. The molecule has 1 saturated carbocycles. The van der Waals surface area contributed by atoms with Gasteiger partial charge < -0.3 is 15.2 Å². The Morgan fingerprint density at radius 2 is 2.33 bits per heavy atom. The number of ether oxygens (including phenoxy) is 1. The van der Waals surface area contributed by atoms with Gasteiger partial charge in [-0.3, -0.25) is 4.90 Å². The molecule has 0 amide bonds. The van der Waals surface area contributed by atoms with Gasteiger partial charge in [-0.2, -0.15) is 0 Å². The molecule has 0 bridgehead atoms. The molecular weight excluding hydrogens is 228 g/mol. The summed E-state index contributed by atoms with van der Waals surface area (Å²) in [6.45, 7) is 5.28. The minimum Gasteiger partial charge on any atom is -0.394 e. The number of likely N-dealkylation sites (N-methyl/N-ethyl adjacent to an activating group) is 1. The van der Waals surface area contributed by atoms with Crippen molar-refractivity contribution in [3.63, 3.8) is 0 Å². The molecule has 2 fully saturated rings. The summed E-state index contributed by atoms with van der Waals surface area (Å²) in [7, 11) is 1.98. The molecule has 0 spiro atoms. The number of nitrogens with zero attached hydrogens (tertiary/aromatic N) is 1. The Morgan fingerprint density at radius 3 is 3.00 bits per heavy atom. The van der Waals surface area contributed by atoms with Crippen molar-refractivity contribution in [1.82, 2.24) is 10.2 Å². The molecule has 2 N–H and O–H groups in total. The van der Waals surface area contributed by atoms with Crippen LogP contribution >= 0.6 is 0 Å². The predicted molar refractivity (Wildman–Crippen MR) is 72.7 cm³/mol. The molecule has 4 nitrogen and oxygen atoms in total. The third-order valence-electron chi connectivity index (χ3n) is 4.87. The highest BCUT2D eigenvalue weighted by molar-refractivity contribution is 4.97. The van der Waals surface area contributed by atoms with Gasteiger partial charge >= 0.3 is 0 Å². The number of aliphatic hydroxyl groups is 1. The smallest absolute Gasteiger partial charge is 0.0622 e. The first kappa shape index (κ1) is 14.3. The van der Waals surface area contributed by atoms with E-state index in [2.05, 4.69) is 17.1 Å². The standard InChI is InChI=1S/C14H28N2O2/c1-3-12-10-18-8-7-16(12)13-5-4-6-14(9-13,11-17)15-2/h12-13,15,17H,3-11H2,1-2H3. The van der Waals surface area contributed by atoms with Crippen molar-refractivity contribution in [3.8, 4) is 0 Å². The van der Waals surface area contributed by atoms with E-state index in [0.29, 0.717) is 12.1 Å². The second kappa shape index (κ2) is 6.33. The Balaban J connectivity index is 2.02. The van der Waals surface area contributed by atoms with Crippen LogP contribution in [0.4, 0.5) is 0 Å². The van der Waals surface area contributed by atoms with Crippen molar-refractivity contribution in [2.75, 3.05) is 33.4 Å². The van der Waals surface area contributed by atoms with E-state index in [1.807, 2.05) is 7.05 Å².